The second-order valence-electron chi connectivity index (χ2n) is 7.08. The SMILES string of the molecule is CCCNC(=NCC(c1cccs1)N1CCOC(C)C1)NCCc1ccco1.I. The molecule has 1 fully saturated rings. The molecule has 1 aliphatic rings. The van der Waals surface area contributed by atoms with E-state index in [1.54, 1.807) is 17.6 Å². The van der Waals surface area contributed by atoms with Crippen molar-refractivity contribution in [1.82, 2.24) is 15.5 Å². The van der Waals surface area contributed by atoms with Gasteiger partial charge in [0.25, 0.3) is 0 Å². The number of furan rings is 1. The van der Waals surface area contributed by atoms with Gasteiger partial charge >= 0.3 is 0 Å². The van der Waals surface area contributed by atoms with Gasteiger partial charge in [-0.3, -0.25) is 9.89 Å². The standard InChI is InChI=1S/C21H32N4O2S.HI/c1-3-9-22-21(23-10-8-18-6-4-12-27-18)24-15-19(20-7-5-14-28-20)25-11-13-26-17(2)16-25;/h4-7,12,14,17,19H,3,8-11,13,15-16H2,1-2H3,(H2,22,23,24);1H. The highest BCUT2D eigenvalue weighted by Crippen LogP contribution is 2.27. The van der Waals surface area contributed by atoms with Crippen molar-refractivity contribution in [2.45, 2.75) is 38.8 Å². The molecule has 0 amide bonds. The van der Waals surface area contributed by atoms with Gasteiger partial charge in [0.15, 0.2) is 5.96 Å². The Bertz CT molecular complexity index is 694. The Morgan fingerprint density at radius 3 is 2.86 bits per heavy atom. The second kappa shape index (κ2) is 13.3. The summed E-state index contributed by atoms with van der Waals surface area (Å²) in [4.78, 5) is 8.79. The lowest BCUT2D eigenvalue weighted by Gasteiger charge is -2.36. The summed E-state index contributed by atoms with van der Waals surface area (Å²) in [7, 11) is 0. The monoisotopic (exact) mass is 532 g/mol. The molecule has 6 nitrogen and oxygen atoms in total. The van der Waals surface area contributed by atoms with E-state index in [0.29, 0.717) is 0 Å². The molecule has 0 saturated carbocycles. The zero-order valence-electron chi connectivity index (χ0n) is 17.3. The summed E-state index contributed by atoms with van der Waals surface area (Å²) >= 11 is 1.81. The third-order valence-electron chi connectivity index (χ3n) is 4.79. The van der Waals surface area contributed by atoms with Gasteiger partial charge in [-0.1, -0.05) is 13.0 Å². The van der Waals surface area contributed by atoms with E-state index in [9.17, 15) is 0 Å². The summed E-state index contributed by atoms with van der Waals surface area (Å²) in [6.07, 6.45) is 3.89. The number of nitrogens with zero attached hydrogens (tertiary/aromatic N) is 2. The number of rotatable bonds is 9. The molecule has 8 heteroatoms. The molecule has 0 spiro atoms. The van der Waals surface area contributed by atoms with Crippen LogP contribution in [0.4, 0.5) is 0 Å². The van der Waals surface area contributed by atoms with E-state index in [0.717, 1.165) is 63.9 Å². The zero-order chi connectivity index (χ0) is 19.6. The van der Waals surface area contributed by atoms with Crippen LogP contribution in [0.5, 0.6) is 0 Å². The maximum absolute atomic E-state index is 5.74. The van der Waals surface area contributed by atoms with Crippen LogP contribution >= 0.6 is 35.3 Å². The Labute approximate surface area is 195 Å². The number of ether oxygens (including phenoxy) is 1. The molecule has 162 valence electrons. The Hall–Kier alpha value is -1.10. The van der Waals surface area contributed by atoms with E-state index in [1.807, 2.05) is 12.1 Å². The summed E-state index contributed by atoms with van der Waals surface area (Å²) in [5.74, 6) is 1.86. The van der Waals surface area contributed by atoms with Gasteiger partial charge in [0.05, 0.1) is 31.6 Å². The molecule has 0 bridgehead atoms. The van der Waals surface area contributed by atoms with Crippen LogP contribution in [0.1, 0.15) is 36.9 Å². The van der Waals surface area contributed by atoms with Crippen molar-refractivity contribution < 1.29 is 9.15 Å². The third kappa shape index (κ3) is 7.92. The maximum atomic E-state index is 5.74. The number of thiophene rings is 1. The number of guanidine groups is 1. The number of halogens is 1. The molecule has 3 rings (SSSR count). The molecule has 1 aliphatic heterocycles. The smallest absolute Gasteiger partial charge is 0.191 e. The lowest BCUT2D eigenvalue weighted by molar-refractivity contribution is -0.0327. The molecule has 2 unspecified atom stereocenters. The molecule has 2 N–H and O–H groups in total. The predicted octanol–water partition coefficient (Wildman–Crippen LogP) is 3.91. The molecule has 0 aromatic carbocycles. The van der Waals surface area contributed by atoms with Crippen LogP contribution in [-0.4, -0.2) is 56.3 Å². The van der Waals surface area contributed by atoms with E-state index in [4.69, 9.17) is 14.1 Å². The van der Waals surface area contributed by atoms with Crippen molar-refractivity contribution in [1.29, 1.82) is 0 Å². The van der Waals surface area contributed by atoms with Gasteiger partial charge in [0.1, 0.15) is 5.76 Å². The Balaban J connectivity index is 0.00000300. The molecular formula is C21H33IN4O2S. The molecular weight excluding hydrogens is 499 g/mol. The highest BCUT2D eigenvalue weighted by Gasteiger charge is 2.26. The largest absolute Gasteiger partial charge is 0.469 e. The fraction of sp³-hybridized carbons (Fsp3) is 0.571. The summed E-state index contributed by atoms with van der Waals surface area (Å²) < 4.78 is 11.2. The van der Waals surface area contributed by atoms with Gasteiger partial charge in [-0.05, 0) is 36.9 Å². The van der Waals surface area contributed by atoms with Crippen molar-refractivity contribution in [2.24, 2.45) is 4.99 Å². The Morgan fingerprint density at radius 1 is 1.31 bits per heavy atom. The maximum Gasteiger partial charge on any atom is 0.191 e. The first kappa shape index (κ1) is 24.2. The second-order valence-corrected chi connectivity index (χ2v) is 8.06. The molecule has 2 aromatic rings. The third-order valence-corrected chi connectivity index (χ3v) is 5.77. The lowest BCUT2D eigenvalue weighted by Crippen LogP contribution is -2.44. The van der Waals surface area contributed by atoms with Gasteiger partial charge in [0, 0.05) is 37.5 Å². The first-order valence-corrected chi connectivity index (χ1v) is 11.1. The number of aliphatic imine (C=N–C) groups is 1. The molecule has 0 radical (unpaired) electrons. The summed E-state index contributed by atoms with van der Waals surface area (Å²) in [5.41, 5.74) is 0. The first-order chi connectivity index (χ1) is 13.8. The minimum absolute atomic E-state index is 0. The van der Waals surface area contributed by atoms with E-state index in [2.05, 4.69) is 46.9 Å². The minimum Gasteiger partial charge on any atom is -0.469 e. The molecule has 2 aromatic heterocycles. The average molecular weight is 532 g/mol. The van der Waals surface area contributed by atoms with Gasteiger partial charge in [-0.25, -0.2) is 0 Å². The average Bonchev–Trinajstić information content (AvgIpc) is 3.40. The van der Waals surface area contributed by atoms with Gasteiger partial charge < -0.3 is 19.8 Å². The van der Waals surface area contributed by atoms with Crippen LogP contribution in [0.3, 0.4) is 0 Å². The van der Waals surface area contributed by atoms with E-state index < -0.39 is 0 Å². The molecule has 29 heavy (non-hydrogen) atoms. The molecule has 3 heterocycles. The number of hydrogen-bond donors (Lipinski definition) is 2. The summed E-state index contributed by atoms with van der Waals surface area (Å²) in [6, 6.07) is 8.56. The Kier molecular flexibility index (Phi) is 11.0. The van der Waals surface area contributed by atoms with E-state index in [1.165, 1.54) is 4.88 Å². The quantitative estimate of drug-likeness (QED) is 0.292. The lowest BCUT2D eigenvalue weighted by atomic mass is 10.1. The van der Waals surface area contributed by atoms with Crippen molar-refractivity contribution in [2.75, 3.05) is 39.3 Å². The normalized spacial score (nSPS) is 18.8. The molecule has 2 atom stereocenters. The molecule has 1 saturated heterocycles. The Morgan fingerprint density at radius 2 is 2.17 bits per heavy atom. The van der Waals surface area contributed by atoms with Gasteiger partial charge in [-0.2, -0.15) is 0 Å². The minimum atomic E-state index is 0. The number of nitrogens with one attached hydrogen (secondary N) is 2. The van der Waals surface area contributed by atoms with Crippen LogP contribution < -0.4 is 10.6 Å². The van der Waals surface area contributed by atoms with Crippen LogP contribution in [0, 0.1) is 0 Å². The van der Waals surface area contributed by atoms with Gasteiger partial charge in [-0.15, -0.1) is 35.3 Å². The predicted molar refractivity (Wildman–Crippen MR) is 130 cm³/mol. The fourth-order valence-electron chi connectivity index (χ4n) is 3.35. The van der Waals surface area contributed by atoms with Gasteiger partial charge in [0.2, 0.25) is 0 Å². The van der Waals surface area contributed by atoms with Crippen LogP contribution in [0.25, 0.3) is 0 Å². The van der Waals surface area contributed by atoms with Crippen molar-refractivity contribution in [3.05, 3.63) is 46.5 Å². The highest BCUT2D eigenvalue weighted by molar-refractivity contribution is 14.0. The van der Waals surface area contributed by atoms with Crippen molar-refractivity contribution >= 4 is 41.3 Å². The van der Waals surface area contributed by atoms with E-state index in [-0.39, 0.29) is 36.1 Å². The van der Waals surface area contributed by atoms with E-state index >= 15 is 0 Å². The highest BCUT2D eigenvalue weighted by atomic mass is 127. The number of morpholine rings is 1. The van der Waals surface area contributed by atoms with Crippen LogP contribution in [0.15, 0.2) is 45.3 Å². The van der Waals surface area contributed by atoms with Crippen molar-refractivity contribution in [3.8, 4) is 0 Å². The first-order valence-electron chi connectivity index (χ1n) is 10.2. The summed E-state index contributed by atoms with van der Waals surface area (Å²) in [5, 5.41) is 9.02. The summed E-state index contributed by atoms with van der Waals surface area (Å²) in [6.45, 7) is 9.42. The van der Waals surface area contributed by atoms with Crippen molar-refractivity contribution in [3.63, 3.8) is 0 Å². The fourth-order valence-corrected chi connectivity index (χ4v) is 4.20. The zero-order valence-corrected chi connectivity index (χ0v) is 20.4. The van der Waals surface area contributed by atoms with Crippen LogP contribution in [0.2, 0.25) is 0 Å². The van der Waals surface area contributed by atoms with Crippen LogP contribution in [-0.2, 0) is 11.2 Å². The topological polar surface area (TPSA) is 62.0 Å². The number of hydrogen-bond acceptors (Lipinski definition) is 5. The molecule has 0 aliphatic carbocycles.